The number of thioether (sulfide) groups is 1. The number of rotatable bonds is 6. The lowest BCUT2D eigenvalue weighted by Gasteiger charge is -2.12. The molecule has 3 aromatic carbocycles. The molecule has 0 saturated carbocycles. The first kappa shape index (κ1) is 23.6. The number of carbonyl (C=O) groups is 3. The number of carbonyl (C=O) groups excluding carboxylic acids is 3. The zero-order chi connectivity index (χ0) is 25.2. The lowest BCUT2D eigenvalue weighted by Crippen LogP contribution is -2.36. The van der Waals surface area contributed by atoms with E-state index in [1.807, 2.05) is 41.8 Å². The van der Waals surface area contributed by atoms with Gasteiger partial charge in [-0.2, -0.15) is 0 Å². The van der Waals surface area contributed by atoms with Gasteiger partial charge in [0.15, 0.2) is 0 Å². The second-order valence-corrected chi connectivity index (χ2v) is 9.37. The van der Waals surface area contributed by atoms with Gasteiger partial charge < -0.3 is 9.88 Å². The van der Waals surface area contributed by atoms with Gasteiger partial charge >= 0.3 is 0 Å². The molecule has 1 N–H and O–H groups in total. The largest absolute Gasteiger partial charge is 0.340 e. The van der Waals surface area contributed by atoms with E-state index in [-0.39, 0.29) is 17.3 Å². The maximum absolute atomic E-state index is 14.4. The van der Waals surface area contributed by atoms with Crippen LogP contribution < -0.4 is 5.32 Å². The van der Waals surface area contributed by atoms with Crippen LogP contribution in [0.1, 0.15) is 16.8 Å². The fourth-order valence-corrected chi connectivity index (χ4v) is 5.09. The summed E-state index contributed by atoms with van der Waals surface area (Å²) < 4.78 is 16.4. The normalized spacial score (nSPS) is 14.7. The highest BCUT2D eigenvalue weighted by Crippen LogP contribution is 2.36. The van der Waals surface area contributed by atoms with Crippen molar-refractivity contribution < 1.29 is 18.8 Å². The molecule has 4 aromatic rings. The number of imide groups is 1. The van der Waals surface area contributed by atoms with E-state index in [0.717, 1.165) is 38.8 Å². The van der Waals surface area contributed by atoms with Crippen LogP contribution in [-0.2, 0) is 16.1 Å². The minimum absolute atomic E-state index is 0.240. The smallest absolute Gasteiger partial charge is 0.294 e. The Kier molecular flexibility index (Phi) is 6.43. The third-order valence-corrected chi connectivity index (χ3v) is 6.98. The summed E-state index contributed by atoms with van der Waals surface area (Å²) in [6.45, 7) is 1.86. The summed E-state index contributed by atoms with van der Waals surface area (Å²) in [6.07, 6.45) is 1.69. The Morgan fingerprint density at radius 2 is 1.67 bits per heavy atom. The van der Waals surface area contributed by atoms with Gasteiger partial charge in [0.05, 0.1) is 11.4 Å². The fourth-order valence-electron chi connectivity index (χ4n) is 4.27. The van der Waals surface area contributed by atoms with E-state index in [2.05, 4.69) is 5.32 Å². The van der Waals surface area contributed by atoms with Gasteiger partial charge in [-0.25, -0.2) is 4.39 Å². The molecule has 180 valence electrons. The Morgan fingerprint density at radius 1 is 0.972 bits per heavy atom. The first-order chi connectivity index (χ1) is 17.4. The lowest BCUT2D eigenvalue weighted by atomic mass is 10.1. The molecule has 0 spiro atoms. The quantitative estimate of drug-likeness (QED) is 0.340. The molecule has 1 saturated heterocycles. The number of aromatic nitrogens is 1. The van der Waals surface area contributed by atoms with E-state index in [1.165, 1.54) is 6.07 Å². The van der Waals surface area contributed by atoms with Crippen LogP contribution in [0.5, 0.6) is 0 Å². The zero-order valence-electron chi connectivity index (χ0n) is 19.4. The monoisotopic (exact) mass is 499 g/mol. The number of benzene rings is 3. The molecular weight excluding hydrogens is 477 g/mol. The van der Waals surface area contributed by atoms with Crippen LogP contribution in [0.25, 0.3) is 17.0 Å². The number of hydrogen-bond donors (Lipinski definition) is 1. The number of fused-ring (bicyclic) bond motifs is 1. The van der Waals surface area contributed by atoms with E-state index in [4.69, 9.17) is 0 Å². The molecule has 6 nitrogen and oxygen atoms in total. The molecule has 0 aliphatic carbocycles. The first-order valence-electron chi connectivity index (χ1n) is 11.3. The molecule has 36 heavy (non-hydrogen) atoms. The highest BCUT2D eigenvalue weighted by atomic mass is 32.2. The summed E-state index contributed by atoms with van der Waals surface area (Å²) in [6, 6.07) is 23.1. The average molecular weight is 500 g/mol. The fraction of sp³-hybridized carbons (Fsp3) is 0.107. The van der Waals surface area contributed by atoms with Gasteiger partial charge in [0.25, 0.3) is 11.1 Å². The maximum Gasteiger partial charge on any atom is 0.294 e. The number of hydrogen-bond acceptors (Lipinski definition) is 4. The average Bonchev–Trinajstić information content (AvgIpc) is 3.29. The maximum atomic E-state index is 14.4. The molecule has 8 heteroatoms. The van der Waals surface area contributed by atoms with Crippen molar-refractivity contribution in [3.05, 3.63) is 106 Å². The van der Waals surface area contributed by atoms with Crippen molar-refractivity contribution in [3.8, 4) is 0 Å². The summed E-state index contributed by atoms with van der Waals surface area (Å²) >= 11 is 0.807. The molecular formula is C28H22FN3O3S. The van der Waals surface area contributed by atoms with Crippen LogP contribution in [-0.4, -0.2) is 33.1 Å². The molecule has 0 atom stereocenters. The van der Waals surface area contributed by atoms with Gasteiger partial charge in [-0.15, -0.1) is 0 Å². The van der Waals surface area contributed by atoms with E-state index >= 15 is 0 Å². The van der Waals surface area contributed by atoms with Crippen LogP contribution in [0.4, 0.5) is 14.9 Å². The van der Waals surface area contributed by atoms with Crippen molar-refractivity contribution >= 4 is 51.5 Å². The van der Waals surface area contributed by atoms with Crippen molar-refractivity contribution in [3.63, 3.8) is 0 Å². The Morgan fingerprint density at radius 3 is 2.44 bits per heavy atom. The van der Waals surface area contributed by atoms with Gasteiger partial charge in [0.2, 0.25) is 5.91 Å². The van der Waals surface area contributed by atoms with Crippen molar-refractivity contribution in [1.82, 2.24) is 9.47 Å². The second-order valence-electron chi connectivity index (χ2n) is 8.38. The second kappa shape index (κ2) is 9.83. The topological polar surface area (TPSA) is 71.4 Å². The number of nitrogens with zero attached hydrogens (tertiary/aromatic N) is 2. The SMILES string of the molecule is Cc1c(/C=C2\SC(=O)N(CC(=O)Nc3ccccc3)C2=O)c2ccccc2n1Cc1ccccc1F. The third-order valence-electron chi connectivity index (χ3n) is 6.07. The van der Waals surface area contributed by atoms with E-state index in [9.17, 15) is 18.8 Å². The Bertz CT molecular complexity index is 1530. The van der Waals surface area contributed by atoms with E-state index < -0.39 is 17.1 Å². The highest BCUT2D eigenvalue weighted by molar-refractivity contribution is 8.18. The Labute approximate surface area is 211 Å². The molecule has 0 unspecified atom stereocenters. The summed E-state index contributed by atoms with van der Waals surface area (Å²) in [5.74, 6) is -1.26. The predicted molar refractivity (Wildman–Crippen MR) is 140 cm³/mol. The van der Waals surface area contributed by atoms with Crippen molar-refractivity contribution in [2.24, 2.45) is 0 Å². The minimum atomic E-state index is -0.515. The van der Waals surface area contributed by atoms with Gasteiger partial charge in [0.1, 0.15) is 12.4 Å². The molecule has 5 rings (SSSR count). The van der Waals surface area contributed by atoms with Crippen LogP contribution >= 0.6 is 11.8 Å². The van der Waals surface area contributed by atoms with Gasteiger partial charge in [0, 0.05) is 33.4 Å². The molecule has 3 amide bonds. The van der Waals surface area contributed by atoms with Crippen LogP contribution in [0, 0.1) is 12.7 Å². The van der Waals surface area contributed by atoms with Gasteiger partial charge in [-0.1, -0.05) is 54.6 Å². The molecule has 0 bridgehead atoms. The zero-order valence-corrected chi connectivity index (χ0v) is 20.2. The van der Waals surface area contributed by atoms with Crippen molar-refractivity contribution in [1.29, 1.82) is 0 Å². The Hall–Kier alpha value is -4.17. The van der Waals surface area contributed by atoms with Crippen LogP contribution in [0.15, 0.2) is 83.8 Å². The molecule has 1 aliphatic rings. The number of nitrogens with one attached hydrogen (secondary N) is 1. The molecule has 1 aromatic heterocycles. The lowest BCUT2D eigenvalue weighted by molar-refractivity contribution is -0.127. The van der Waals surface area contributed by atoms with Crippen LogP contribution in [0.2, 0.25) is 0 Å². The molecule has 1 aliphatic heterocycles. The summed E-state index contributed by atoms with van der Waals surface area (Å²) in [5, 5.41) is 3.08. The summed E-state index contributed by atoms with van der Waals surface area (Å²) in [7, 11) is 0. The van der Waals surface area contributed by atoms with Crippen molar-refractivity contribution in [2.75, 3.05) is 11.9 Å². The predicted octanol–water partition coefficient (Wildman–Crippen LogP) is 5.81. The third kappa shape index (κ3) is 4.55. The molecule has 2 heterocycles. The standard InChI is InChI=1S/C28H22FN3O3S/c1-18-22(21-12-6-8-14-24(21)31(18)16-19-9-5-7-13-23(19)29)15-25-27(34)32(28(35)36-25)17-26(33)30-20-10-3-2-4-11-20/h2-15H,16-17H2,1H3,(H,30,33)/b25-15-. The summed E-state index contributed by atoms with van der Waals surface area (Å²) in [4.78, 5) is 39.3. The highest BCUT2D eigenvalue weighted by Gasteiger charge is 2.36. The molecule has 0 radical (unpaired) electrons. The van der Waals surface area contributed by atoms with Gasteiger partial charge in [-0.3, -0.25) is 19.3 Å². The first-order valence-corrected chi connectivity index (χ1v) is 12.2. The number of amides is 3. The van der Waals surface area contributed by atoms with Crippen molar-refractivity contribution in [2.45, 2.75) is 13.5 Å². The van der Waals surface area contributed by atoms with E-state index in [1.54, 1.807) is 48.5 Å². The Balaban J connectivity index is 1.44. The molecule has 1 fully saturated rings. The summed E-state index contributed by atoms with van der Waals surface area (Å²) in [5.41, 5.74) is 3.65. The minimum Gasteiger partial charge on any atom is -0.340 e. The number of para-hydroxylation sites is 2. The number of anilines is 1. The van der Waals surface area contributed by atoms with Gasteiger partial charge in [-0.05, 0) is 49.0 Å². The van der Waals surface area contributed by atoms with Crippen LogP contribution in [0.3, 0.4) is 0 Å². The number of halogens is 1. The van der Waals surface area contributed by atoms with E-state index in [0.29, 0.717) is 17.8 Å².